The maximum atomic E-state index is 12.8. The number of alkyl carbamates (subject to hydrolysis) is 1. The number of rotatable bonds is 6. The monoisotopic (exact) mass is 362 g/mol. The van der Waals surface area contributed by atoms with Crippen LogP contribution in [0.15, 0.2) is 54.6 Å². The predicted octanol–water partition coefficient (Wildman–Crippen LogP) is 4.21. The summed E-state index contributed by atoms with van der Waals surface area (Å²) in [4.78, 5) is 28.4. The Kier molecular flexibility index (Phi) is 5.81. The summed E-state index contributed by atoms with van der Waals surface area (Å²) in [6.45, 7) is 2.32. The Morgan fingerprint density at radius 2 is 1.74 bits per heavy atom. The van der Waals surface area contributed by atoms with Gasteiger partial charge in [-0.3, -0.25) is 9.78 Å². The zero-order chi connectivity index (χ0) is 19.2. The van der Waals surface area contributed by atoms with E-state index in [1.54, 1.807) is 0 Å². The molecule has 5 nitrogen and oxygen atoms in total. The Balaban J connectivity index is 1.65. The van der Waals surface area contributed by atoms with Crippen LogP contribution < -0.4 is 5.32 Å². The van der Waals surface area contributed by atoms with Crippen molar-refractivity contribution in [3.63, 3.8) is 0 Å². The second-order valence-corrected chi connectivity index (χ2v) is 6.41. The van der Waals surface area contributed by atoms with Crippen molar-refractivity contribution in [2.24, 2.45) is 0 Å². The summed E-state index contributed by atoms with van der Waals surface area (Å²) in [6, 6.07) is 17.5. The molecule has 0 aliphatic carbocycles. The maximum Gasteiger partial charge on any atom is 0.407 e. The van der Waals surface area contributed by atoms with E-state index in [1.165, 1.54) is 7.11 Å². The van der Waals surface area contributed by atoms with Gasteiger partial charge in [-0.25, -0.2) is 4.79 Å². The summed E-state index contributed by atoms with van der Waals surface area (Å²) in [5.74, 6) is 0.119. The summed E-state index contributed by atoms with van der Waals surface area (Å²) < 4.78 is 4.55. The number of nitrogens with zero attached hydrogens (tertiary/aromatic N) is 1. The van der Waals surface area contributed by atoms with E-state index in [4.69, 9.17) is 0 Å². The number of nitrogens with one attached hydrogen (secondary N) is 1. The topological polar surface area (TPSA) is 68.3 Å². The molecule has 0 atom stereocenters. The first-order valence-corrected chi connectivity index (χ1v) is 8.86. The van der Waals surface area contributed by atoms with E-state index in [9.17, 15) is 9.59 Å². The molecule has 1 aromatic heterocycles. The van der Waals surface area contributed by atoms with Gasteiger partial charge in [-0.05, 0) is 36.6 Å². The minimum atomic E-state index is -0.454. The molecule has 2 aromatic carbocycles. The molecule has 0 radical (unpaired) electrons. The third kappa shape index (κ3) is 4.70. The average molecular weight is 362 g/mol. The molecule has 1 heterocycles. The van der Waals surface area contributed by atoms with Crippen molar-refractivity contribution in [2.75, 3.05) is 7.11 Å². The van der Waals surface area contributed by atoms with Crippen molar-refractivity contribution < 1.29 is 14.3 Å². The van der Waals surface area contributed by atoms with Gasteiger partial charge in [0.15, 0.2) is 5.78 Å². The molecule has 5 heteroatoms. The Bertz CT molecular complexity index is 965. The summed E-state index contributed by atoms with van der Waals surface area (Å²) >= 11 is 0. The van der Waals surface area contributed by atoms with Gasteiger partial charge in [0.2, 0.25) is 0 Å². The maximum absolute atomic E-state index is 12.8. The van der Waals surface area contributed by atoms with Crippen molar-refractivity contribution in [3.05, 3.63) is 77.0 Å². The lowest BCUT2D eigenvalue weighted by Gasteiger charge is -2.08. The highest BCUT2D eigenvalue weighted by atomic mass is 16.5. The fourth-order valence-electron chi connectivity index (χ4n) is 3.00. The van der Waals surface area contributed by atoms with Gasteiger partial charge in [0.25, 0.3) is 0 Å². The molecule has 0 saturated carbocycles. The number of pyridine rings is 1. The number of aryl methyl sites for hydroxylation is 2. The normalized spacial score (nSPS) is 10.6. The molecular formula is C22H22N2O3. The van der Waals surface area contributed by atoms with Crippen LogP contribution in [0.1, 0.15) is 33.6 Å². The summed E-state index contributed by atoms with van der Waals surface area (Å²) in [6.07, 6.45) is 0.649. The summed E-state index contributed by atoms with van der Waals surface area (Å²) in [5.41, 5.74) is 4.49. The van der Waals surface area contributed by atoms with Crippen molar-refractivity contribution >= 4 is 22.8 Å². The lowest BCUT2D eigenvalue weighted by molar-refractivity contribution is 0.0984. The van der Waals surface area contributed by atoms with Crippen LogP contribution >= 0.6 is 0 Å². The molecule has 0 unspecified atom stereocenters. The van der Waals surface area contributed by atoms with Gasteiger partial charge < -0.3 is 10.1 Å². The second kappa shape index (κ2) is 8.45. The van der Waals surface area contributed by atoms with Gasteiger partial charge in [-0.1, -0.05) is 42.5 Å². The Hall–Kier alpha value is -3.21. The van der Waals surface area contributed by atoms with E-state index in [1.807, 2.05) is 61.5 Å². The van der Waals surface area contributed by atoms with E-state index < -0.39 is 6.09 Å². The SMILES string of the molecule is COC(=O)NCc1ccc(CCC(=O)c2cc(C)nc3ccccc23)cc1. The van der Waals surface area contributed by atoms with Crippen LogP contribution in [0.5, 0.6) is 0 Å². The van der Waals surface area contributed by atoms with E-state index in [0.29, 0.717) is 19.4 Å². The number of amides is 1. The molecular weight excluding hydrogens is 340 g/mol. The number of benzene rings is 2. The van der Waals surface area contributed by atoms with E-state index in [-0.39, 0.29) is 5.78 Å². The third-order valence-corrected chi connectivity index (χ3v) is 4.43. The summed E-state index contributed by atoms with van der Waals surface area (Å²) in [7, 11) is 1.34. The highest BCUT2D eigenvalue weighted by Gasteiger charge is 2.12. The number of carbonyl (C=O) groups is 2. The number of aromatic nitrogens is 1. The van der Waals surface area contributed by atoms with Gasteiger partial charge in [-0.15, -0.1) is 0 Å². The number of ketones is 1. The second-order valence-electron chi connectivity index (χ2n) is 6.41. The third-order valence-electron chi connectivity index (χ3n) is 4.43. The van der Waals surface area contributed by atoms with Crippen LogP contribution in [0.2, 0.25) is 0 Å². The lowest BCUT2D eigenvalue weighted by Crippen LogP contribution is -2.22. The fourth-order valence-corrected chi connectivity index (χ4v) is 3.00. The van der Waals surface area contributed by atoms with Gasteiger partial charge >= 0.3 is 6.09 Å². The Morgan fingerprint density at radius 1 is 1.04 bits per heavy atom. The molecule has 0 spiro atoms. The molecule has 0 aliphatic heterocycles. The number of methoxy groups -OCH3 is 1. The number of fused-ring (bicyclic) bond motifs is 1. The van der Waals surface area contributed by atoms with Crippen LogP contribution in [0, 0.1) is 6.92 Å². The summed E-state index contributed by atoms with van der Waals surface area (Å²) in [5, 5.41) is 3.54. The molecule has 0 saturated heterocycles. The van der Waals surface area contributed by atoms with Gasteiger partial charge in [0, 0.05) is 29.6 Å². The predicted molar refractivity (Wildman–Crippen MR) is 105 cm³/mol. The van der Waals surface area contributed by atoms with E-state index >= 15 is 0 Å². The molecule has 138 valence electrons. The lowest BCUT2D eigenvalue weighted by atomic mass is 9.98. The standard InChI is InChI=1S/C22H22N2O3/c1-15-13-19(18-5-3-4-6-20(18)24-15)21(25)12-11-16-7-9-17(10-8-16)14-23-22(26)27-2/h3-10,13H,11-12,14H2,1-2H3,(H,23,26). The minimum Gasteiger partial charge on any atom is -0.453 e. The van der Waals surface area contributed by atoms with Crippen LogP contribution in [-0.2, 0) is 17.7 Å². The Labute approximate surface area is 158 Å². The van der Waals surface area contributed by atoms with Crippen molar-refractivity contribution in [1.82, 2.24) is 10.3 Å². The van der Waals surface area contributed by atoms with Gasteiger partial charge in [0.05, 0.1) is 12.6 Å². The molecule has 0 fully saturated rings. The van der Waals surface area contributed by atoms with Crippen LogP contribution in [0.4, 0.5) is 4.79 Å². The van der Waals surface area contributed by atoms with E-state index in [0.717, 1.165) is 33.3 Å². The number of Topliss-reactive ketones (excluding diaryl/α,β-unsaturated/α-hetero) is 1. The van der Waals surface area contributed by atoms with Crippen LogP contribution in [0.25, 0.3) is 10.9 Å². The molecule has 1 amide bonds. The fraction of sp³-hybridized carbons (Fsp3) is 0.227. The van der Waals surface area contributed by atoms with Gasteiger partial charge in [-0.2, -0.15) is 0 Å². The average Bonchev–Trinajstić information content (AvgIpc) is 2.70. The zero-order valence-corrected chi connectivity index (χ0v) is 15.5. The van der Waals surface area contributed by atoms with E-state index in [2.05, 4.69) is 15.0 Å². The largest absolute Gasteiger partial charge is 0.453 e. The van der Waals surface area contributed by atoms with Crippen molar-refractivity contribution in [2.45, 2.75) is 26.3 Å². The molecule has 3 rings (SSSR count). The molecule has 3 aromatic rings. The van der Waals surface area contributed by atoms with Crippen molar-refractivity contribution in [3.8, 4) is 0 Å². The molecule has 27 heavy (non-hydrogen) atoms. The van der Waals surface area contributed by atoms with Gasteiger partial charge in [0.1, 0.15) is 0 Å². The number of carbonyl (C=O) groups excluding carboxylic acids is 2. The molecule has 0 aliphatic rings. The first-order valence-electron chi connectivity index (χ1n) is 8.86. The first-order chi connectivity index (χ1) is 13.1. The minimum absolute atomic E-state index is 0.119. The highest BCUT2D eigenvalue weighted by molar-refractivity contribution is 6.07. The Morgan fingerprint density at radius 3 is 2.48 bits per heavy atom. The van der Waals surface area contributed by atoms with Crippen molar-refractivity contribution in [1.29, 1.82) is 0 Å². The molecule has 0 bridgehead atoms. The highest BCUT2D eigenvalue weighted by Crippen LogP contribution is 2.20. The number of hydrogen-bond acceptors (Lipinski definition) is 4. The molecule has 1 N–H and O–H groups in total. The van der Waals surface area contributed by atoms with Crippen LogP contribution in [-0.4, -0.2) is 24.0 Å². The first kappa shape index (κ1) is 18.6. The smallest absolute Gasteiger partial charge is 0.407 e. The number of ether oxygens (including phenoxy) is 1. The number of hydrogen-bond donors (Lipinski definition) is 1. The number of para-hydroxylation sites is 1. The zero-order valence-electron chi connectivity index (χ0n) is 15.5. The quantitative estimate of drug-likeness (QED) is 0.667. The van der Waals surface area contributed by atoms with Crippen LogP contribution in [0.3, 0.4) is 0 Å².